The topological polar surface area (TPSA) is 107 Å². The second-order valence-corrected chi connectivity index (χ2v) is 11.5. The summed E-state index contributed by atoms with van der Waals surface area (Å²) in [5, 5.41) is 12.9. The SMILES string of the molecule is Cc1cc(C(C)Nc2ccccc2C(=O)O)c2nc(-c3ccc(CN4CCN(C(=O)C5CC5)CC4)c(F)c3)cc(=O)n2c1. The van der Waals surface area contributed by atoms with Gasteiger partial charge >= 0.3 is 5.97 Å². The molecule has 10 heteroatoms. The average Bonchev–Trinajstić information content (AvgIpc) is 3.84. The van der Waals surface area contributed by atoms with E-state index >= 15 is 4.39 Å². The van der Waals surface area contributed by atoms with E-state index in [2.05, 4.69) is 10.2 Å². The van der Waals surface area contributed by atoms with Crippen LogP contribution in [0.1, 0.15) is 52.9 Å². The van der Waals surface area contributed by atoms with Crippen molar-refractivity contribution in [2.24, 2.45) is 5.92 Å². The summed E-state index contributed by atoms with van der Waals surface area (Å²) in [4.78, 5) is 46.2. The number of amides is 1. The zero-order valence-corrected chi connectivity index (χ0v) is 24.2. The number of benzene rings is 2. The summed E-state index contributed by atoms with van der Waals surface area (Å²) in [6.07, 6.45) is 3.69. The Bertz CT molecular complexity index is 1780. The molecule has 0 spiro atoms. The van der Waals surface area contributed by atoms with Gasteiger partial charge in [0.15, 0.2) is 0 Å². The molecule has 2 N–H and O–H groups in total. The van der Waals surface area contributed by atoms with Gasteiger partial charge in [-0.25, -0.2) is 14.2 Å². The lowest BCUT2D eigenvalue weighted by molar-refractivity contribution is -0.134. The maximum Gasteiger partial charge on any atom is 0.337 e. The number of nitrogens with zero attached hydrogens (tertiary/aromatic N) is 4. The fraction of sp³-hybridized carbons (Fsp3) is 0.333. The number of nitrogens with one attached hydrogen (secondary N) is 1. The van der Waals surface area contributed by atoms with Crippen molar-refractivity contribution in [3.8, 4) is 11.3 Å². The summed E-state index contributed by atoms with van der Waals surface area (Å²) >= 11 is 0. The number of aromatic nitrogens is 2. The molecule has 9 nitrogen and oxygen atoms in total. The number of halogens is 1. The lowest BCUT2D eigenvalue weighted by Crippen LogP contribution is -2.48. The van der Waals surface area contributed by atoms with Crippen LogP contribution in [-0.2, 0) is 11.3 Å². The molecule has 1 aliphatic carbocycles. The number of para-hydroxylation sites is 1. The smallest absolute Gasteiger partial charge is 0.337 e. The number of rotatable bonds is 8. The van der Waals surface area contributed by atoms with Crippen LogP contribution in [0.2, 0.25) is 0 Å². The fourth-order valence-electron chi connectivity index (χ4n) is 5.73. The largest absolute Gasteiger partial charge is 0.478 e. The maximum absolute atomic E-state index is 15.4. The number of anilines is 1. The van der Waals surface area contributed by atoms with E-state index in [4.69, 9.17) is 4.98 Å². The molecule has 222 valence electrons. The molecular weight excluding hydrogens is 549 g/mol. The van der Waals surface area contributed by atoms with Gasteiger partial charge in [-0.1, -0.05) is 24.3 Å². The second-order valence-electron chi connectivity index (χ2n) is 11.5. The molecule has 2 aromatic carbocycles. The van der Waals surface area contributed by atoms with Crippen molar-refractivity contribution >= 4 is 23.2 Å². The van der Waals surface area contributed by atoms with Gasteiger partial charge < -0.3 is 15.3 Å². The second kappa shape index (κ2) is 11.6. The summed E-state index contributed by atoms with van der Waals surface area (Å²) in [6.45, 7) is 6.92. The van der Waals surface area contributed by atoms with Crippen LogP contribution in [0.4, 0.5) is 10.1 Å². The van der Waals surface area contributed by atoms with Crippen molar-refractivity contribution in [1.29, 1.82) is 0 Å². The standard InChI is InChI=1S/C33H34FN5O4/c1-20-15-26(21(2)35-28-6-4-3-5-25(28)33(42)43)31-36-29(17-30(40)39(31)18-20)23-9-10-24(27(34)16-23)19-37-11-13-38(14-12-37)32(41)22-7-8-22/h3-6,9-10,15-18,21-22,35H,7-8,11-14,19H2,1-2H3,(H,42,43). The van der Waals surface area contributed by atoms with Crippen LogP contribution in [0.5, 0.6) is 0 Å². The van der Waals surface area contributed by atoms with Crippen LogP contribution in [0.25, 0.3) is 16.9 Å². The molecule has 1 unspecified atom stereocenters. The van der Waals surface area contributed by atoms with Crippen molar-refractivity contribution in [3.63, 3.8) is 0 Å². The highest BCUT2D eigenvalue weighted by Crippen LogP contribution is 2.31. The van der Waals surface area contributed by atoms with Crippen molar-refractivity contribution in [2.45, 2.75) is 39.3 Å². The Hall–Kier alpha value is -4.57. The molecule has 3 heterocycles. The van der Waals surface area contributed by atoms with E-state index in [9.17, 15) is 19.5 Å². The van der Waals surface area contributed by atoms with Crippen LogP contribution >= 0.6 is 0 Å². The third-order valence-corrected chi connectivity index (χ3v) is 8.28. The van der Waals surface area contributed by atoms with Crippen molar-refractivity contribution in [1.82, 2.24) is 19.2 Å². The number of pyridine rings is 1. The third kappa shape index (κ3) is 6.01. The van der Waals surface area contributed by atoms with E-state index in [1.165, 1.54) is 22.6 Å². The van der Waals surface area contributed by atoms with Gasteiger partial charge in [-0.2, -0.15) is 0 Å². The van der Waals surface area contributed by atoms with Gasteiger partial charge in [0, 0.05) is 73.3 Å². The first kappa shape index (κ1) is 28.5. The Kier molecular flexibility index (Phi) is 7.70. The number of hydrogen-bond donors (Lipinski definition) is 2. The number of piperazine rings is 1. The van der Waals surface area contributed by atoms with Crippen LogP contribution in [-0.4, -0.2) is 62.3 Å². The van der Waals surface area contributed by atoms with Crippen molar-refractivity contribution in [3.05, 3.63) is 99.2 Å². The number of carbonyl (C=O) groups excluding carboxylic acids is 1. The van der Waals surface area contributed by atoms with E-state index in [0.29, 0.717) is 66.4 Å². The Morgan fingerprint density at radius 3 is 2.51 bits per heavy atom. The first-order valence-corrected chi connectivity index (χ1v) is 14.6. The molecular formula is C33H34FN5O4. The molecule has 1 saturated heterocycles. The molecule has 0 radical (unpaired) electrons. The highest BCUT2D eigenvalue weighted by Gasteiger charge is 2.34. The highest BCUT2D eigenvalue weighted by molar-refractivity contribution is 5.94. The number of hydrogen-bond acceptors (Lipinski definition) is 6. The number of aromatic carboxylic acids is 1. The van der Waals surface area contributed by atoms with Crippen LogP contribution in [0, 0.1) is 18.7 Å². The average molecular weight is 584 g/mol. The molecule has 2 fully saturated rings. The summed E-state index contributed by atoms with van der Waals surface area (Å²) in [6, 6.07) is 14.5. The minimum absolute atomic E-state index is 0.140. The zero-order chi connectivity index (χ0) is 30.2. The predicted molar refractivity (Wildman–Crippen MR) is 162 cm³/mol. The Morgan fingerprint density at radius 2 is 1.81 bits per heavy atom. The van der Waals surface area contributed by atoms with Gasteiger partial charge in [0.2, 0.25) is 5.91 Å². The number of carboxylic acids is 1. The van der Waals surface area contributed by atoms with E-state index in [0.717, 1.165) is 18.4 Å². The van der Waals surface area contributed by atoms with E-state index in [1.807, 2.05) is 24.8 Å². The Morgan fingerprint density at radius 1 is 1.07 bits per heavy atom. The molecule has 2 aliphatic rings. The van der Waals surface area contributed by atoms with Gasteiger partial charge in [-0.3, -0.25) is 18.9 Å². The first-order chi connectivity index (χ1) is 20.7. The summed E-state index contributed by atoms with van der Waals surface area (Å²) in [5.41, 5.74) is 3.64. The monoisotopic (exact) mass is 583 g/mol. The van der Waals surface area contributed by atoms with Gasteiger partial charge in [-0.05, 0) is 56.5 Å². The molecule has 6 rings (SSSR count). The summed E-state index contributed by atoms with van der Waals surface area (Å²) in [7, 11) is 0. The molecule has 0 bridgehead atoms. The molecule has 2 aromatic heterocycles. The number of carboxylic acid groups (broad SMARTS) is 1. The number of fused-ring (bicyclic) bond motifs is 1. The lowest BCUT2D eigenvalue weighted by atomic mass is 10.0. The minimum atomic E-state index is -1.04. The van der Waals surface area contributed by atoms with Gasteiger partial charge in [0.25, 0.3) is 5.56 Å². The van der Waals surface area contributed by atoms with Gasteiger partial charge in [0.1, 0.15) is 11.5 Å². The van der Waals surface area contributed by atoms with E-state index in [-0.39, 0.29) is 28.8 Å². The fourth-order valence-corrected chi connectivity index (χ4v) is 5.73. The summed E-state index contributed by atoms with van der Waals surface area (Å²) in [5.74, 6) is -0.957. The lowest BCUT2D eigenvalue weighted by Gasteiger charge is -2.35. The molecule has 1 amide bonds. The van der Waals surface area contributed by atoms with Gasteiger partial charge in [-0.15, -0.1) is 0 Å². The first-order valence-electron chi connectivity index (χ1n) is 14.6. The number of carbonyl (C=O) groups is 2. The summed E-state index contributed by atoms with van der Waals surface area (Å²) < 4.78 is 16.8. The molecule has 1 atom stereocenters. The van der Waals surface area contributed by atoms with E-state index < -0.39 is 12.0 Å². The quantitative estimate of drug-likeness (QED) is 0.309. The maximum atomic E-state index is 15.4. The zero-order valence-electron chi connectivity index (χ0n) is 24.2. The van der Waals surface area contributed by atoms with Crippen molar-refractivity contribution < 1.29 is 19.1 Å². The van der Waals surface area contributed by atoms with E-state index in [1.54, 1.807) is 36.5 Å². The van der Waals surface area contributed by atoms with Crippen LogP contribution in [0.15, 0.2) is 65.6 Å². The molecule has 1 saturated carbocycles. The molecule has 43 heavy (non-hydrogen) atoms. The molecule has 1 aliphatic heterocycles. The number of aryl methyl sites for hydroxylation is 1. The van der Waals surface area contributed by atoms with Crippen LogP contribution in [0.3, 0.4) is 0 Å². The predicted octanol–water partition coefficient (Wildman–Crippen LogP) is 4.73. The highest BCUT2D eigenvalue weighted by atomic mass is 19.1. The van der Waals surface area contributed by atoms with Crippen molar-refractivity contribution in [2.75, 3.05) is 31.5 Å². The normalized spacial score (nSPS) is 16.3. The molecule has 4 aromatic rings. The van der Waals surface area contributed by atoms with Gasteiger partial charge in [0.05, 0.1) is 17.3 Å². The Balaban J connectivity index is 1.25. The third-order valence-electron chi connectivity index (χ3n) is 8.28. The van der Waals surface area contributed by atoms with Crippen LogP contribution < -0.4 is 10.9 Å². The minimum Gasteiger partial charge on any atom is -0.478 e. The Labute approximate surface area is 248 Å².